The van der Waals surface area contributed by atoms with Crippen LogP contribution in [0, 0.1) is 16.7 Å². The molecule has 0 aromatic carbocycles. The zero-order valence-electron chi connectivity index (χ0n) is 13.1. The van der Waals surface area contributed by atoms with E-state index in [0.29, 0.717) is 12.0 Å². The highest BCUT2D eigenvalue weighted by molar-refractivity contribution is 5.93. The van der Waals surface area contributed by atoms with Crippen LogP contribution in [0.3, 0.4) is 0 Å². The van der Waals surface area contributed by atoms with Gasteiger partial charge in [0.1, 0.15) is 11.6 Å². The Kier molecular flexibility index (Phi) is 6.78. The molecule has 0 N–H and O–H groups in total. The molecule has 0 amide bonds. The van der Waals surface area contributed by atoms with Crippen LogP contribution in [-0.2, 0) is 9.53 Å². The van der Waals surface area contributed by atoms with Gasteiger partial charge in [-0.05, 0) is 56.4 Å². The summed E-state index contributed by atoms with van der Waals surface area (Å²) in [6, 6.07) is 2.05. The maximum Gasteiger partial charge on any atom is 0.348 e. The third-order valence-electron chi connectivity index (χ3n) is 4.42. The second kappa shape index (κ2) is 8.09. The molecule has 0 radical (unpaired) electrons. The van der Waals surface area contributed by atoms with E-state index in [0.717, 1.165) is 31.3 Å². The maximum atomic E-state index is 11.8. The summed E-state index contributed by atoms with van der Waals surface area (Å²) in [5.74, 6) is -0.441. The zero-order chi connectivity index (χ0) is 15.0. The number of rotatable bonds is 6. The summed E-state index contributed by atoms with van der Waals surface area (Å²) >= 11 is 0. The molecule has 0 atom stereocenters. The molecule has 0 aliphatic heterocycles. The summed E-state index contributed by atoms with van der Waals surface area (Å²) in [6.45, 7) is 6.57. The Morgan fingerprint density at radius 2 is 1.75 bits per heavy atom. The lowest BCUT2D eigenvalue weighted by Crippen LogP contribution is -2.25. The second-order valence-electron chi connectivity index (χ2n) is 5.81. The number of nitriles is 1. The molecule has 1 aliphatic rings. The lowest BCUT2D eigenvalue weighted by atomic mass is 9.67. The van der Waals surface area contributed by atoms with Gasteiger partial charge in [0.15, 0.2) is 0 Å². The van der Waals surface area contributed by atoms with E-state index in [1.807, 2.05) is 0 Å². The molecule has 0 saturated heterocycles. The molecule has 0 heterocycles. The normalized spacial score (nSPS) is 17.4. The Balaban J connectivity index is 2.81. The van der Waals surface area contributed by atoms with Crippen molar-refractivity contribution >= 4 is 5.97 Å². The van der Waals surface area contributed by atoms with E-state index in [2.05, 4.69) is 19.9 Å². The molecule has 0 aromatic rings. The minimum Gasteiger partial charge on any atom is -0.462 e. The van der Waals surface area contributed by atoms with Crippen LogP contribution in [-0.4, -0.2) is 12.6 Å². The van der Waals surface area contributed by atoms with Crippen LogP contribution in [0.15, 0.2) is 11.1 Å². The van der Waals surface area contributed by atoms with Crippen molar-refractivity contribution in [3.63, 3.8) is 0 Å². The number of carbonyl (C=O) groups is 1. The number of ether oxygens (including phenoxy) is 1. The third kappa shape index (κ3) is 4.10. The first-order valence-corrected chi connectivity index (χ1v) is 7.91. The lowest BCUT2D eigenvalue weighted by molar-refractivity contribution is -0.138. The van der Waals surface area contributed by atoms with Crippen molar-refractivity contribution in [1.29, 1.82) is 5.26 Å². The van der Waals surface area contributed by atoms with Gasteiger partial charge in [-0.2, -0.15) is 5.26 Å². The van der Waals surface area contributed by atoms with Crippen molar-refractivity contribution in [2.75, 3.05) is 6.61 Å². The standard InChI is InChI=1S/C17H27NO2/c1-4-9-17(10-5-2)11-7-14(8-12-17)15(13-18)16(19)20-6-3/h4-12H2,1-3H3. The molecule has 1 fully saturated rings. The van der Waals surface area contributed by atoms with E-state index in [9.17, 15) is 10.1 Å². The highest BCUT2D eigenvalue weighted by atomic mass is 16.5. The first-order valence-electron chi connectivity index (χ1n) is 7.91. The van der Waals surface area contributed by atoms with E-state index in [4.69, 9.17) is 4.74 Å². The van der Waals surface area contributed by atoms with Gasteiger partial charge in [-0.15, -0.1) is 0 Å². The fourth-order valence-corrected chi connectivity index (χ4v) is 3.49. The Bertz CT molecular complexity index is 386. The highest BCUT2D eigenvalue weighted by Gasteiger charge is 2.33. The van der Waals surface area contributed by atoms with Gasteiger partial charge in [-0.25, -0.2) is 4.79 Å². The van der Waals surface area contributed by atoms with Crippen molar-refractivity contribution in [2.45, 2.75) is 72.1 Å². The van der Waals surface area contributed by atoms with Crippen molar-refractivity contribution in [2.24, 2.45) is 5.41 Å². The van der Waals surface area contributed by atoms with Gasteiger partial charge in [0, 0.05) is 0 Å². The van der Waals surface area contributed by atoms with Crippen LogP contribution in [0.5, 0.6) is 0 Å². The Morgan fingerprint density at radius 3 is 2.15 bits per heavy atom. The molecular formula is C17H27NO2. The topological polar surface area (TPSA) is 50.1 Å². The molecule has 0 spiro atoms. The fraction of sp³-hybridized carbons (Fsp3) is 0.765. The number of hydrogen-bond donors (Lipinski definition) is 0. The van der Waals surface area contributed by atoms with E-state index in [1.54, 1.807) is 6.92 Å². The first-order chi connectivity index (χ1) is 9.62. The van der Waals surface area contributed by atoms with Crippen LogP contribution in [0.4, 0.5) is 0 Å². The number of carbonyl (C=O) groups excluding carboxylic acids is 1. The summed E-state index contributed by atoms with van der Waals surface area (Å²) in [7, 11) is 0. The van der Waals surface area contributed by atoms with Crippen molar-refractivity contribution < 1.29 is 9.53 Å². The predicted octanol–water partition coefficient (Wildman–Crippen LogP) is 4.53. The van der Waals surface area contributed by atoms with Gasteiger partial charge in [0.25, 0.3) is 0 Å². The van der Waals surface area contributed by atoms with Gasteiger partial charge in [-0.3, -0.25) is 0 Å². The van der Waals surface area contributed by atoms with Crippen LogP contribution in [0.2, 0.25) is 0 Å². The lowest BCUT2D eigenvalue weighted by Gasteiger charge is -2.38. The summed E-state index contributed by atoms with van der Waals surface area (Å²) < 4.78 is 4.98. The predicted molar refractivity (Wildman–Crippen MR) is 80.0 cm³/mol. The number of nitrogens with zero attached hydrogens (tertiary/aromatic N) is 1. The highest BCUT2D eigenvalue weighted by Crippen LogP contribution is 2.46. The zero-order valence-corrected chi connectivity index (χ0v) is 13.1. The van der Waals surface area contributed by atoms with E-state index < -0.39 is 5.97 Å². The largest absolute Gasteiger partial charge is 0.462 e. The van der Waals surface area contributed by atoms with E-state index >= 15 is 0 Å². The average molecular weight is 277 g/mol. The molecular weight excluding hydrogens is 250 g/mol. The molecule has 0 aromatic heterocycles. The van der Waals surface area contributed by atoms with Crippen molar-refractivity contribution in [3.05, 3.63) is 11.1 Å². The average Bonchev–Trinajstić information content (AvgIpc) is 2.43. The summed E-state index contributed by atoms with van der Waals surface area (Å²) in [4.78, 5) is 11.8. The molecule has 1 saturated carbocycles. The summed E-state index contributed by atoms with van der Waals surface area (Å²) in [5, 5.41) is 9.20. The molecule has 3 heteroatoms. The van der Waals surface area contributed by atoms with E-state index in [1.165, 1.54) is 25.7 Å². The Hall–Kier alpha value is -1.30. The SMILES string of the molecule is CCCC1(CCC)CCC(=C(C#N)C(=O)OCC)CC1. The van der Waals surface area contributed by atoms with Gasteiger partial charge in [0.2, 0.25) is 0 Å². The smallest absolute Gasteiger partial charge is 0.348 e. The molecule has 1 rings (SSSR count). The monoisotopic (exact) mass is 277 g/mol. The minimum absolute atomic E-state index is 0.258. The van der Waals surface area contributed by atoms with Crippen molar-refractivity contribution in [3.8, 4) is 6.07 Å². The van der Waals surface area contributed by atoms with Gasteiger partial charge in [0.05, 0.1) is 6.61 Å². The third-order valence-corrected chi connectivity index (χ3v) is 4.42. The molecule has 3 nitrogen and oxygen atoms in total. The van der Waals surface area contributed by atoms with Crippen LogP contribution < -0.4 is 0 Å². The van der Waals surface area contributed by atoms with Crippen LogP contribution in [0.1, 0.15) is 72.1 Å². The van der Waals surface area contributed by atoms with Gasteiger partial charge < -0.3 is 4.74 Å². The number of esters is 1. The quantitative estimate of drug-likeness (QED) is 0.407. The first kappa shape index (κ1) is 16.8. The van der Waals surface area contributed by atoms with Gasteiger partial charge in [-0.1, -0.05) is 26.7 Å². The summed E-state index contributed by atoms with van der Waals surface area (Å²) in [6.07, 6.45) is 8.90. The van der Waals surface area contributed by atoms with Gasteiger partial charge >= 0.3 is 5.97 Å². The maximum absolute atomic E-state index is 11.8. The number of hydrogen-bond acceptors (Lipinski definition) is 3. The van der Waals surface area contributed by atoms with E-state index in [-0.39, 0.29) is 5.57 Å². The number of allylic oxidation sites excluding steroid dienone is 1. The summed E-state index contributed by atoms with van der Waals surface area (Å²) in [5.41, 5.74) is 1.70. The molecule has 0 bridgehead atoms. The second-order valence-corrected chi connectivity index (χ2v) is 5.81. The van der Waals surface area contributed by atoms with Crippen LogP contribution >= 0.6 is 0 Å². The molecule has 20 heavy (non-hydrogen) atoms. The Morgan fingerprint density at radius 1 is 1.20 bits per heavy atom. The molecule has 1 aliphatic carbocycles. The fourth-order valence-electron chi connectivity index (χ4n) is 3.49. The van der Waals surface area contributed by atoms with Crippen LogP contribution in [0.25, 0.3) is 0 Å². The van der Waals surface area contributed by atoms with Crippen molar-refractivity contribution in [1.82, 2.24) is 0 Å². The minimum atomic E-state index is -0.441. The Labute approximate surface area is 123 Å². The molecule has 0 unspecified atom stereocenters. The molecule has 112 valence electrons.